The van der Waals surface area contributed by atoms with E-state index in [1.807, 2.05) is 143 Å². The van der Waals surface area contributed by atoms with Gasteiger partial charge < -0.3 is 72.4 Å². The lowest BCUT2D eigenvalue weighted by molar-refractivity contribution is -0.383. The van der Waals surface area contributed by atoms with Gasteiger partial charge in [-0.05, 0) is 53.6 Å². The molecule has 5 aromatic rings. The maximum Gasteiger partial charge on any atom is 0.407 e. The first-order valence-electron chi connectivity index (χ1n) is 28.0. The molecule has 79 heavy (non-hydrogen) atoms. The van der Waals surface area contributed by atoms with E-state index in [9.17, 15) is 15.0 Å². The molecule has 11 rings (SSSR count). The summed E-state index contributed by atoms with van der Waals surface area (Å²) < 4.78 is 80.3. The van der Waals surface area contributed by atoms with Gasteiger partial charge in [0.25, 0.3) is 0 Å². The molecule has 0 saturated carbocycles. The molecule has 0 spiro atoms. The predicted octanol–water partition coefficient (Wildman–Crippen LogP) is 8.95. The molecule has 18 atom stereocenters. The van der Waals surface area contributed by atoms with Crippen molar-refractivity contribution in [3.05, 3.63) is 167 Å². The number of hydrogen-bond donors (Lipinski definition) is 3. The Morgan fingerprint density at radius 2 is 1.32 bits per heavy atom. The average molecular weight is 1090 g/mol. The fraction of sp³-hybridized carbons (Fsp3) is 0.508. The molecule has 3 N–H and O–H groups in total. The summed E-state index contributed by atoms with van der Waals surface area (Å²) in [4.78, 5) is 13.8. The van der Waals surface area contributed by atoms with Gasteiger partial charge >= 0.3 is 6.09 Å². The molecule has 5 aromatic carbocycles. The topological polar surface area (TPSA) is 180 Å². The lowest BCUT2D eigenvalue weighted by Gasteiger charge is -2.54. The number of nitrogens with one attached hydrogen (secondary N) is 1. The van der Waals surface area contributed by atoms with Crippen molar-refractivity contribution in [2.45, 2.75) is 159 Å². The molecule has 1 amide bonds. The lowest BCUT2D eigenvalue weighted by Crippen LogP contribution is -2.67. The third kappa shape index (κ3) is 11.3. The lowest BCUT2D eigenvalue weighted by atomic mass is 9.79. The molecule has 5 fully saturated rings. The fourth-order valence-electron chi connectivity index (χ4n) is 12.5. The SMILES string of the molecule is CC[C@]12CO[C@@H](OC3[C@H](C)CO[C@@H](O[C@H]4C(C)O[C@@H](O[C@@H]5C(C)[C@@H](NC(=O)OCC6c7ccccc7-c7ccccc76)C(CO)O[C@@H]5O)[C@@H](C)C4(C)OCc4ccccc4)[C@@H]3OCc3ccccc3)C1O[C@H](c1ccccc1)O2. The van der Waals surface area contributed by atoms with E-state index in [0.717, 1.165) is 38.9 Å². The number of hydrogen-bond acceptors (Lipinski definition) is 15. The first-order valence-corrected chi connectivity index (χ1v) is 28.0. The second kappa shape index (κ2) is 24.1. The van der Waals surface area contributed by atoms with Crippen molar-refractivity contribution >= 4 is 6.09 Å². The van der Waals surface area contributed by atoms with Crippen molar-refractivity contribution in [2.24, 2.45) is 17.8 Å². The van der Waals surface area contributed by atoms with Gasteiger partial charge in [0.15, 0.2) is 31.5 Å². The van der Waals surface area contributed by atoms with E-state index in [0.29, 0.717) is 13.0 Å². The van der Waals surface area contributed by atoms with Crippen LogP contribution in [0.5, 0.6) is 0 Å². The molecule has 5 saturated heterocycles. The maximum atomic E-state index is 13.8. The van der Waals surface area contributed by atoms with E-state index < -0.39 is 116 Å². The van der Waals surface area contributed by atoms with Crippen LogP contribution in [-0.4, -0.2) is 128 Å². The molecular weight excluding hydrogens is 1010 g/mol. The highest BCUT2D eigenvalue weighted by Crippen LogP contribution is 2.49. The maximum absolute atomic E-state index is 13.8. The highest BCUT2D eigenvalue weighted by Gasteiger charge is 2.61. The smallest absolute Gasteiger partial charge is 0.407 e. The van der Waals surface area contributed by atoms with Crippen LogP contribution in [0.15, 0.2) is 140 Å². The van der Waals surface area contributed by atoms with Gasteiger partial charge in [0.1, 0.15) is 48.3 Å². The van der Waals surface area contributed by atoms with Crippen LogP contribution in [0.1, 0.15) is 88.0 Å². The Labute approximate surface area is 462 Å². The standard InChI is InChI=1S/C63H75NO15/c1-7-63-36-71-60(55(63)78-58(79-63)43-25-15-10-16-26-43)75-51-37(2)32-69-59(53(51)68-33-41-21-11-8-12-22-41)77-54-40(5)73-57(39(4)62(54,6)72-34-42-23-13-9-14-24-42)76-52-38(3)50(49(31-65)74-56(52)66)64-61(67)70-35-48-46-29-19-17-27-44(46)45-28-18-20-30-47(45)48/h8-30,37-40,48-60,65-66H,7,31-36H2,1-6H3,(H,64,67)/t37-,38?,39-,40?,49?,50-,51?,52-,53-,54+,55?,56+,57+,58+,59+,60+,62?,63+/m1/s1. The number of fused-ring (bicyclic) bond motifs is 4. The molecule has 0 bridgehead atoms. The zero-order valence-corrected chi connectivity index (χ0v) is 45.7. The largest absolute Gasteiger partial charge is 0.449 e. The Balaban J connectivity index is 0.820. The van der Waals surface area contributed by atoms with Gasteiger partial charge in [-0.25, -0.2) is 4.79 Å². The second-order valence-electron chi connectivity index (χ2n) is 22.3. The molecule has 5 aliphatic heterocycles. The molecule has 0 aromatic heterocycles. The van der Waals surface area contributed by atoms with Gasteiger partial charge in [-0.3, -0.25) is 0 Å². The number of aliphatic hydroxyl groups excluding tert-OH is 2. The van der Waals surface area contributed by atoms with Crippen LogP contribution in [-0.2, 0) is 70.1 Å². The van der Waals surface area contributed by atoms with Crippen LogP contribution in [0.3, 0.4) is 0 Å². The van der Waals surface area contributed by atoms with E-state index >= 15 is 0 Å². The average Bonchev–Trinajstić information content (AvgIpc) is 4.36. The summed E-state index contributed by atoms with van der Waals surface area (Å²) in [6.45, 7) is 12.5. The molecule has 16 heteroatoms. The summed E-state index contributed by atoms with van der Waals surface area (Å²) in [5.74, 6) is -1.49. The van der Waals surface area contributed by atoms with Crippen molar-refractivity contribution in [2.75, 3.05) is 26.4 Å². The van der Waals surface area contributed by atoms with Crippen LogP contribution in [0.4, 0.5) is 4.79 Å². The zero-order chi connectivity index (χ0) is 54.8. The van der Waals surface area contributed by atoms with Crippen LogP contribution >= 0.6 is 0 Å². The molecule has 422 valence electrons. The van der Waals surface area contributed by atoms with Crippen molar-refractivity contribution in [1.29, 1.82) is 0 Å². The summed E-state index contributed by atoms with van der Waals surface area (Å²) in [6.07, 6.45) is -10.2. The Hall–Kier alpha value is -5.15. The highest BCUT2D eigenvalue weighted by molar-refractivity contribution is 5.79. The number of carbonyl (C=O) groups is 1. The fourth-order valence-corrected chi connectivity index (χ4v) is 12.5. The summed E-state index contributed by atoms with van der Waals surface area (Å²) in [7, 11) is 0. The third-order valence-corrected chi connectivity index (χ3v) is 17.3. The summed E-state index contributed by atoms with van der Waals surface area (Å²) >= 11 is 0. The van der Waals surface area contributed by atoms with Crippen LogP contribution in [0, 0.1) is 17.8 Å². The minimum atomic E-state index is -1.49. The van der Waals surface area contributed by atoms with E-state index in [1.165, 1.54) is 0 Å². The molecule has 0 radical (unpaired) electrons. The van der Waals surface area contributed by atoms with E-state index in [-0.39, 0.29) is 38.3 Å². The Bertz CT molecular complexity index is 2750. The Kier molecular flexibility index (Phi) is 17.0. The van der Waals surface area contributed by atoms with Crippen LogP contribution < -0.4 is 5.32 Å². The van der Waals surface area contributed by atoms with Crippen molar-refractivity contribution < 1.29 is 71.8 Å². The van der Waals surface area contributed by atoms with Crippen molar-refractivity contribution in [1.82, 2.24) is 5.32 Å². The number of aliphatic hydroxyl groups is 2. The van der Waals surface area contributed by atoms with E-state index in [4.69, 9.17) is 56.8 Å². The third-order valence-electron chi connectivity index (χ3n) is 17.3. The number of rotatable bonds is 18. The van der Waals surface area contributed by atoms with Crippen LogP contribution in [0.2, 0.25) is 0 Å². The molecule has 1 aliphatic carbocycles. The number of benzene rings is 5. The van der Waals surface area contributed by atoms with E-state index in [2.05, 4.69) is 43.4 Å². The van der Waals surface area contributed by atoms with Gasteiger partial charge in [-0.2, -0.15) is 0 Å². The summed E-state index contributed by atoms with van der Waals surface area (Å²) in [5, 5.41) is 25.1. The van der Waals surface area contributed by atoms with Gasteiger partial charge in [-0.15, -0.1) is 0 Å². The quantitative estimate of drug-likeness (QED) is 0.0756. The number of ether oxygens (including phenoxy) is 12. The zero-order valence-electron chi connectivity index (χ0n) is 45.7. The highest BCUT2D eigenvalue weighted by atomic mass is 16.8. The number of carbonyl (C=O) groups excluding carboxylic acids is 1. The molecule has 5 heterocycles. The van der Waals surface area contributed by atoms with Crippen molar-refractivity contribution in [3.8, 4) is 11.1 Å². The molecule has 6 unspecified atom stereocenters. The normalized spacial score (nSPS) is 36.1. The summed E-state index contributed by atoms with van der Waals surface area (Å²) in [5.41, 5.74) is 5.36. The van der Waals surface area contributed by atoms with Gasteiger partial charge in [0.05, 0.1) is 51.3 Å². The summed E-state index contributed by atoms with van der Waals surface area (Å²) in [6, 6.07) is 45.1. The predicted molar refractivity (Wildman–Crippen MR) is 289 cm³/mol. The van der Waals surface area contributed by atoms with Gasteiger partial charge in [0, 0.05) is 29.2 Å². The first kappa shape index (κ1) is 55.7. The second-order valence-corrected chi connectivity index (χ2v) is 22.3. The van der Waals surface area contributed by atoms with E-state index in [1.54, 1.807) is 0 Å². The number of amides is 1. The minimum Gasteiger partial charge on any atom is -0.449 e. The Morgan fingerprint density at radius 3 is 1.97 bits per heavy atom. The molecule has 6 aliphatic rings. The molecular formula is C63H75NO15. The first-order chi connectivity index (χ1) is 38.4. The Morgan fingerprint density at radius 1 is 0.696 bits per heavy atom. The minimum absolute atomic E-state index is 0.0950. The number of alkyl carbamates (subject to hydrolysis) is 1. The van der Waals surface area contributed by atoms with Crippen molar-refractivity contribution in [3.63, 3.8) is 0 Å². The van der Waals surface area contributed by atoms with Crippen LogP contribution in [0.25, 0.3) is 11.1 Å². The van der Waals surface area contributed by atoms with Gasteiger partial charge in [-0.1, -0.05) is 167 Å². The van der Waals surface area contributed by atoms with Gasteiger partial charge in [0.2, 0.25) is 0 Å². The molecule has 16 nitrogen and oxygen atoms in total. The monoisotopic (exact) mass is 1090 g/mol.